The van der Waals surface area contributed by atoms with Crippen molar-refractivity contribution in [2.24, 2.45) is 4.99 Å². The number of esters is 1. The van der Waals surface area contributed by atoms with Crippen molar-refractivity contribution >= 4 is 52.3 Å². The minimum absolute atomic E-state index is 0.111. The Morgan fingerprint density at radius 1 is 1.24 bits per heavy atom. The van der Waals surface area contributed by atoms with E-state index in [1.54, 1.807) is 37.3 Å². The van der Waals surface area contributed by atoms with Crippen LogP contribution in [-0.4, -0.2) is 22.6 Å². The number of carbonyl (C=O) groups excluding carboxylic acids is 1. The van der Waals surface area contributed by atoms with Crippen LogP contribution in [0.15, 0.2) is 63.5 Å². The molecule has 3 aromatic rings. The number of methoxy groups -OCH3 is 1. The van der Waals surface area contributed by atoms with Gasteiger partial charge in [0.2, 0.25) is 0 Å². The first-order chi connectivity index (χ1) is 15.7. The van der Waals surface area contributed by atoms with Crippen molar-refractivity contribution in [3.63, 3.8) is 0 Å². The van der Waals surface area contributed by atoms with Crippen molar-refractivity contribution in [3.8, 4) is 0 Å². The zero-order chi connectivity index (χ0) is 23.9. The predicted molar refractivity (Wildman–Crippen MR) is 125 cm³/mol. The molecule has 1 atom stereocenters. The van der Waals surface area contributed by atoms with Crippen molar-refractivity contribution in [2.45, 2.75) is 13.0 Å². The van der Waals surface area contributed by atoms with Crippen LogP contribution in [0.2, 0.25) is 10.0 Å². The molecule has 8 nitrogen and oxygen atoms in total. The molecule has 0 N–H and O–H groups in total. The smallest absolute Gasteiger partial charge is 0.338 e. The van der Waals surface area contributed by atoms with Crippen molar-refractivity contribution in [2.75, 3.05) is 7.11 Å². The SMILES string of the molecule is COC(=O)C1=C(C)N=c2s/c(=C/c3ccc(Cl)cc3)c(=O)n2[C@@H]1c1ccc([N+](=O)[O-])c(Cl)c1. The number of fused-ring (bicyclic) bond motifs is 1. The lowest BCUT2D eigenvalue weighted by Crippen LogP contribution is -2.39. The van der Waals surface area contributed by atoms with E-state index in [0.717, 1.165) is 16.9 Å². The van der Waals surface area contributed by atoms with Crippen LogP contribution < -0.4 is 14.9 Å². The number of thiazole rings is 1. The molecule has 1 aliphatic heterocycles. The van der Waals surface area contributed by atoms with Gasteiger partial charge in [-0.15, -0.1) is 0 Å². The number of hydrogen-bond acceptors (Lipinski definition) is 7. The molecular formula is C22H15Cl2N3O5S. The van der Waals surface area contributed by atoms with Gasteiger partial charge in [0, 0.05) is 11.1 Å². The molecule has 0 unspecified atom stereocenters. The third-order valence-electron chi connectivity index (χ3n) is 5.08. The highest BCUT2D eigenvalue weighted by atomic mass is 35.5. The van der Waals surface area contributed by atoms with Crippen molar-refractivity contribution in [1.29, 1.82) is 0 Å². The van der Waals surface area contributed by atoms with Crippen LogP contribution in [0.3, 0.4) is 0 Å². The summed E-state index contributed by atoms with van der Waals surface area (Å²) in [6.45, 7) is 1.64. The summed E-state index contributed by atoms with van der Waals surface area (Å²) in [4.78, 5) is 41.5. The number of nitrogens with zero attached hydrogens (tertiary/aromatic N) is 3. The van der Waals surface area contributed by atoms with E-state index in [1.807, 2.05) is 0 Å². The van der Waals surface area contributed by atoms with Gasteiger partial charge in [-0.25, -0.2) is 9.79 Å². The molecular weight excluding hydrogens is 489 g/mol. The Morgan fingerprint density at radius 3 is 2.55 bits per heavy atom. The molecule has 0 saturated heterocycles. The summed E-state index contributed by atoms with van der Waals surface area (Å²) in [5, 5.41) is 11.6. The summed E-state index contributed by atoms with van der Waals surface area (Å²) in [6.07, 6.45) is 1.71. The van der Waals surface area contributed by atoms with Gasteiger partial charge in [0.1, 0.15) is 5.02 Å². The zero-order valence-electron chi connectivity index (χ0n) is 17.2. The number of benzene rings is 2. The van der Waals surface area contributed by atoms with Crippen molar-refractivity contribution < 1.29 is 14.5 Å². The van der Waals surface area contributed by atoms with Crippen LogP contribution in [0.4, 0.5) is 5.69 Å². The van der Waals surface area contributed by atoms with Gasteiger partial charge in [-0.1, -0.05) is 46.7 Å². The van der Waals surface area contributed by atoms with Gasteiger partial charge < -0.3 is 4.74 Å². The van der Waals surface area contributed by atoms with Crippen LogP contribution in [0, 0.1) is 10.1 Å². The average molecular weight is 504 g/mol. The number of rotatable bonds is 4. The Hall–Kier alpha value is -3.27. The molecule has 0 aliphatic carbocycles. The van der Waals surface area contributed by atoms with E-state index in [1.165, 1.54) is 29.9 Å². The fourth-order valence-corrected chi connectivity index (χ4v) is 4.99. The molecule has 0 spiro atoms. The second-order valence-electron chi connectivity index (χ2n) is 7.09. The lowest BCUT2D eigenvalue weighted by Gasteiger charge is -2.24. The molecule has 2 aromatic carbocycles. The molecule has 0 fully saturated rings. The van der Waals surface area contributed by atoms with E-state index in [9.17, 15) is 19.7 Å². The van der Waals surface area contributed by atoms with E-state index >= 15 is 0 Å². The highest BCUT2D eigenvalue weighted by molar-refractivity contribution is 7.07. The summed E-state index contributed by atoms with van der Waals surface area (Å²) < 4.78 is 6.72. The number of nitro groups is 1. The van der Waals surface area contributed by atoms with E-state index in [-0.39, 0.29) is 21.8 Å². The molecule has 0 radical (unpaired) electrons. The first-order valence-corrected chi connectivity index (χ1v) is 11.1. The quantitative estimate of drug-likeness (QED) is 0.307. The van der Waals surface area contributed by atoms with Gasteiger partial charge in [-0.2, -0.15) is 0 Å². The van der Waals surface area contributed by atoms with Crippen LogP contribution >= 0.6 is 34.5 Å². The number of ether oxygens (including phenoxy) is 1. The lowest BCUT2D eigenvalue weighted by atomic mass is 9.95. The van der Waals surface area contributed by atoms with E-state index in [2.05, 4.69) is 4.99 Å². The number of hydrogen-bond donors (Lipinski definition) is 0. The molecule has 0 bridgehead atoms. The van der Waals surface area contributed by atoms with Gasteiger partial charge >= 0.3 is 5.97 Å². The predicted octanol–water partition coefficient (Wildman–Crippen LogP) is 3.62. The first-order valence-electron chi connectivity index (χ1n) is 9.51. The molecule has 2 heterocycles. The number of nitro benzene ring substituents is 1. The maximum atomic E-state index is 13.4. The van der Waals surface area contributed by atoms with E-state index < -0.39 is 16.9 Å². The number of allylic oxidation sites excluding steroid dienone is 1. The summed E-state index contributed by atoms with van der Waals surface area (Å²) in [6, 6.07) is 10.1. The van der Waals surface area contributed by atoms with Gasteiger partial charge in [-0.3, -0.25) is 19.5 Å². The normalized spacial score (nSPS) is 15.8. The maximum Gasteiger partial charge on any atom is 0.338 e. The second-order valence-corrected chi connectivity index (χ2v) is 8.95. The first kappa shape index (κ1) is 22.9. The van der Waals surface area contributed by atoms with Crippen LogP contribution in [-0.2, 0) is 9.53 Å². The highest BCUT2D eigenvalue weighted by Gasteiger charge is 2.33. The molecule has 0 saturated carbocycles. The lowest BCUT2D eigenvalue weighted by molar-refractivity contribution is -0.384. The van der Waals surface area contributed by atoms with Crippen LogP contribution in [0.1, 0.15) is 24.1 Å². The van der Waals surface area contributed by atoms with E-state index in [4.69, 9.17) is 27.9 Å². The largest absolute Gasteiger partial charge is 0.466 e. The van der Waals surface area contributed by atoms with Crippen molar-refractivity contribution in [3.05, 3.63) is 105 Å². The number of halogens is 2. The van der Waals surface area contributed by atoms with Gasteiger partial charge in [0.25, 0.3) is 11.2 Å². The topological polar surface area (TPSA) is 104 Å². The molecule has 1 aliphatic rings. The Kier molecular flexibility index (Phi) is 6.20. The second kappa shape index (κ2) is 8.93. The summed E-state index contributed by atoms with van der Waals surface area (Å²) in [7, 11) is 1.23. The Bertz CT molecular complexity index is 1510. The summed E-state index contributed by atoms with van der Waals surface area (Å²) >= 11 is 13.2. The zero-order valence-corrected chi connectivity index (χ0v) is 19.6. The van der Waals surface area contributed by atoms with Gasteiger partial charge in [0.15, 0.2) is 4.80 Å². The number of aromatic nitrogens is 1. The highest BCUT2D eigenvalue weighted by Crippen LogP contribution is 2.34. The van der Waals surface area contributed by atoms with Gasteiger partial charge in [0.05, 0.1) is 33.9 Å². The Balaban J connectivity index is 1.97. The molecule has 33 heavy (non-hydrogen) atoms. The Morgan fingerprint density at radius 2 is 1.94 bits per heavy atom. The monoisotopic (exact) mass is 503 g/mol. The fourth-order valence-electron chi connectivity index (χ4n) is 3.56. The van der Waals surface area contributed by atoms with Gasteiger partial charge in [-0.05, 0) is 48.4 Å². The average Bonchev–Trinajstić information content (AvgIpc) is 3.08. The third kappa shape index (κ3) is 4.22. The minimum Gasteiger partial charge on any atom is -0.466 e. The molecule has 4 rings (SSSR count). The van der Waals surface area contributed by atoms with Crippen molar-refractivity contribution in [1.82, 2.24) is 4.57 Å². The van der Waals surface area contributed by atoms with Crippen LogP contribution in [0.25, 0.3) is 6.08 Å². The standard InChI is InChI=1S/C22H15Cl2N3O5S/c1-11-18(21(29)32-2)19(13-5-8-16(27(30)31)15(24)10-13)26-20(28)17(33-22(26)25-11)9-12-3-6-14(23)7-4-12/h3-10,19H,1-2H3/b17-9+/t19-/m1/s1. The summed E-state index contributed by atoms with van der Waals surface area (Å²) in [5.74, 6) is -0.664. The molecule has 11 heteroatoms. The molecule has 168 valence electrons. The Labute approximate surface area is 200 Å². The number of carbonyl (C=O) groups is 1. The minimum atomic E-state index is -0.917. The molecule has 0 amide bonds. The van der Waals surface area contributed by atoms with E-state index in [0.29, 0.717) is 25.6 Å². The fraction of sp³-hybridized carbons (Fsp3) is 0.136. The molecule has 1 aromatic heterocycles. The maximum absolute atomic E-state index is 13.4. The third-order valence-corrected chi connectivity index (χ3v) is 6.62. The summed E-state index contributed by atoms with van der Waals surface area (Å²) in [5.41, 5.74) is 1.05. The van der Waals surface area contributed by atoms with Crippen LogP contribution in [0.5, 0.6) is 0 Å².